The van der Waals surface area contributed by atoms with Crippen molar-refractivity contribution in [3.05, 3.63) is 118 Å². The van der Waals surface area contributed by atoms with Crippen LogP contribution in [0, 0.1) is 0 Å². The predicted octanol–water partition coefficient (Wildman–Crippen LogP) is 7.32. The molecule has 0 amide bonds. The molecule has 2 heteroatoms. The topological polar surface area (TPSA) is 0 Å². The lowest BCUT2D eigenvalue weighted by atomic mass is 9.53. The zero-order valence-corrected chi connectivity index (χ0v) is 18.2. The highest BCUT2D eigenvalue weighted by molar-refractivity contribution is 9.12. The standard InChI is InChI=1S/C26H16Br2/c27-25-20-13-5-7-15-8-6-14-21(22(15)20)26(25,28)24-17-10-2-1-9-16(17)23(25)18-11-3-4-12-19(18)24/h1-14,23-24H/t23?,24?,25-,26+. The van der Waals surface area contributed by atoms with Crippen molar-refractivity contribution in [2.75, 3.05) is 0 Å². The third-order valence-electron chi connectivity index (χ3n) is 7.25. The maximum Gasteiger partial charge on any atom is 0.0824 e. The first-order valence-electron chi connectivity index (χ1n) is 9.75. The molecule has 4 aliphatic carbocycles. The number of hydrogen-bond acceptors (Lipinski definition) is 0. The van der Waals surface area contributed by atoms with Gasteiger partial charge in [0.25, 0.3) is 0 Å². The highest BCUT2D eigenvalue weighted by atomic mass is 79.9. The van der Waals surface area contributed by atoms with Crippen LogP contribution in [0.2, 0.25) is 0 Å². The lowest BCUT2D eigenvalue weighted by Gasteiger charge is -2.58. The maximum absolute atomic E-state index is 4.40. The van der Waals surface area contributed by atoms with Gasteiger partial charge >= 0.3 is 0 Å². The first-order valence-corrected chi connectivity index (χ1v) is 11.3. The SMILES string of the molecule is Br[C@@]12c3cccc4cccc(c34)[C@]1(Br)C1c3ccccc3C2c2ccccc21. The lowest BCUT2D eigenvalue weighted by Crippen LogP contribution is -2.53. The van der Waals surface area contributed by atoms with Crippen LogP contribution in [-0.4, -0.2) is 0 Å². The third-order valence-corrected chi connectivity index (χ3v) is 10.8. The molecule has 4 aromatic carbocycles. The monoisotopic (exact) mass is 486 g/mol. The Morgan fingerprint density at radius 1 is 0.500 bits per heavy atom. The van der Waals surface area contributed by atoms with Crippen LogP contribution in [0.25, 0.3) is 10.8 Å². The fourth-order valence-corrected chi connectivity index (χ4v) is 8.87. The second kappa shape index (κ2) is 4.98. The molecular weight excluding hydrogens is 472 g/mol. The lowest BCUT2D eigenvalue weighted by molar-refractivity contribution is 0.344. The van der Waals surface area contributed by atoms with Crippen molar-refractivity contribution < 1.29 is 0 Å². The van der Waals surface area contributed by atoms with Gasteiger partial charge in [-0.2, -0.15) is 0 Å². The van der Waals surface area contributed by atoms with E-state index in [0.29, 0.717) is 0 Å². The molecule has 0 heterocycles. The van der Waals surface area contributed by atoms with Gasteiger partial charge in [-0.15, -0.1) is 0 Å². The first kappa shape index (κ1) is 16.0. The molecule has 0 unspecified atom stereocenters. The van der Waals surface area contributed by atoms with Gasteiger partial charge in [0.05, 0.1) is 8.65 Å². The van der Waals surface area contributed by atoms with Crippen LogP contribution in [-0.2, 0) is 8.65 Å². The summed E-state index contributed by atoms with van der Waals surface area (Å²) in [7, 11) is 0. The Hall–Kier alpha value is -1.90. The molecule has 0 saturated heterocycles. The molecule has 4 aliphatic rings. The van der Waals surface area contributed by atoms with E-state index < -0.39 is 0 Å². The van der Waals surface area contributed by atoms with E-state index in [2.05, 4.69) is 117 Å². The van der Waals surface area contributed by atoms with E-state index in [-0.39, 0.29) is 20.5 Å². The van der Waals surface area contributed by atoms with Gasteiger partial charge in [0.1, 0.15) is 0 Å². The molecule has 0 aliphatic heterocycles. The number of hydrogen-bond donors (Lipinski definition) is 0. The highest BCUT2D eigenvalue weighted by Crippen LogP contribution is 2.78. The summed E-state index contributed by atoms with van der Waals surface area (Å²) >= 11 is 8.80. The average molecular weight is 488 g/mol. The van der Waals surface area contributed by atoms with Crippen LogP contribution in [0.5, 0.6) is 0 Å². The molecule has 0 aromatic heterocycles. The van der Waals surface area contributed by atoms with Crippen molar-refractivity contribution in [1.29, 1.82) is 0 Å². The Morgan fingerprint density at radius 3 is 1.29 bits per heavy atom. The fourth-order valence-electron chi connectivity index (χ4n) is 6.34. The van der Waals surface area contributed by atoms with Crippen molar-refractivity contribution in [2.24, 2.45) is 0 Å². The molecule has 0 spiro atoms. The highest BCUT2D eigenvalue weighted by Gasteiger charge is 2.70. The molecule has 0 nitrogen and oxygen atoms in total. The molecule has 8 rings (SSSR count). The van der Waals surface area contributed by atoms with Gasteiger partial charge < -0.3 is 0 Å². The minimum absolute atomic E-state index is 0.212. The van der Waals surface area contributed by atoms with Crippen molar-refractivity contribution in [2.45, 2.75) is 20.5 Å². The summed E-state index contributed by atoms with van der Waals surface area (Å²) in [5, 5.41) is 2.74. The molecule has 0 fully saturated rings. The Bertz CT molecular complexity index is 1180. The van der Waals surface area contributed by atoms with Crippen LogP contribution >= 0.6 is 31.9 Å². The normalized spacial score (nSPS) is 30.8. The Labute approximate surface area is 180 Å². The van der Waals surface area contributed by atoms with Crippen molar-refractivity contribution >= 4 is 42.6 Å². The van der Waals surface area contributed by atoms with Gasteiger partial charge in [0, 0.05) is 11.8 Å². The summed E-state index contributed by atoms with van der Waals surface area (Å²) in [6.45, 7) is 0. The quantitative estimate of drug-likeness (QED) is 0.228. The van der Waals surface area contributed by atoms with Crippen molar-refractivity contribution in [3.8, 4) is 0 Å². The van der Waals surface area contributed by atoms with Crippen LogP contribution in [0.1, 0.15) is 45.2 Å². The van der Waals surface area contributed by atoms with E-state index in [0.717, 1.165) is 0 Å². The van der Waals surface area contributed by atoms with Crippen LogP contribution in [0.15, 0.2) is 84.9 Å². The van der Waals surface area contributed by atoms with E-state index in [4.69, 9.17) is 0 Å². The average Bonchev–Trinajstić information content (AvgIpc) is 2.95. The summed E-state index contributed by atoms with van der Waals surface area (Å²) < 4.78 is -0.423. The maximum atomic E-state index is 4.40. The molecule has 134 valence electrons. The molecule has 0 radical (unpaired) electrons. The van der Waals surface area contributed by atoms with Crippen LogP contribution < -0.4 is 0 Å². The summed E-state index contributed by atoms with van der Waals surface area (Å²) in [6, 6.07) is 31.7. The Morgan fingerprint density at radius 2 is 0.893 bits per heavy atom. The van der Waals surface area contributed by atoms with Crippen molar-refractivity contribution in [3.63, 3.8) is 0 Å². The minimum atomic E-state index is -0.212. The first-order chi connectivity index (χ1) is 13.7. The second-order valence-corrected chi connectivity index (χ2v) is 10.8. The minimum Gasteiger partial charge on any atom is -0.0771 e. The van der Waals surface area contributed by atoms with E-state index in [1.165, 1.54) is 44.2 Å². The number of benzene rings is 4. The fraction of sp³-hybridized carbons (Fsp3) is 0.154. The summed E-state index contributed by atoms with van der Waals surface area (Å²) in [6.07, 6.45) is 0. The van der Waals surface area contributed by atoms with Gasteiger partial charge in [0.2, 0.25) is 0 Å². The third kappa shape index (κ3) is 1.48. The van der Waals surface area contributed by atoms with Gasteiger partial charge in [-0.1, -0.05) is 117 Å². The number of rotatable bonds is 0. The molecule has 4 aromatic rings. The summed E-state index contributed by atoms with van der Waals surface area (Å²) in [5.74, 6) is 0.532. The van der Waals surface area contributed by atoms with Gasteiger partial charge in [-0.3, -0.25) is 0 Å². The second-order valence-electron chi connectivity index (χ2n) is 8.26. The zero-order valence-electron chi connectivity index (χ0n) is 15.0. The smallest absolute Gasteiger partial charge is 0.0771 e. The van der Waals surface area contributed by atoms with E-state index >= 15 is 0 Å². The molecule has 2 bridgehead atoms. The predicted molar refractivity (Wildman–Crippen MR) is 122 cm³/mol. The molecular formula is C26H16Br2. The largest absolute Gasteiger partial charge is 0.0824 e. The summed E-state index contributed by atoms with van der Waals surface area (Å²) in [5.41, 5.74) is 8.67. The van der Waals surface area contributed by atoms with Crippen LogP contribution in [0.4, 0.5) is 0 Å². The molecule has 2 atom stereocenters. The van der Waals surface area contributed by atoms with Gasteiger partial charge in [0.15, 0.2) is 0 Å². The molecule has 0 saturated carbocycles. The number of alkyl halides is 2. The van der Waals surface area contributed by atoms with Gasteiger partial charge in [-0.25, -0.2) is 0 Å². The van der Waals surface area contributed by atoms with E-state index in [1.807, 2.05) is 0 Å². The van der Waals surface area contributed by atoms with Crippen LogP contribution in [0.3, 0.4) is 0 Å². The Kier molecular flexibility index (Phi) is 2.84. The molecule has 0 N–H and O–H groups in total. The zero-order chi connectivity index (χ0) is 18.7. The molecule has 28 heavy (non-hydrogen) atoms. The number of halogens is 2. The van der Waals surface area contributed by atoms with E-state index in [9.17, 15) is 0 Å². The van der Waals surface area contributed by atoms with Crippen molar-refractivity contribution in [1.82, 2.24) is 0 Å². The van der Waals surface area contributed by atoms with E-state index in [1.54, 1.807) is 0 Å². The summed E-state index contributed by atoms with van der Waals surface area (Å²) in [4.78, 5) is 0. The Balaban J connectivity index is 1.73. The van der Waals surface area contributed by atoms with Gasteiger partial charge in [-0.05, 0) is 44.2 Å².